The highest BCUT2D eigenvalue weighted by Gasteiger charge is 2.41. The van der Waals surface area contributed by atoms with Crippen LogP contribution in [0, 0.1) is 0 Å². The van der Waals surface area contributed by atoms with Gasteiger partial charge in [0.1, 0.15) is 22.3 Å². The van der Waals surface area contributed by atoms with Crippen LogP contribution in [0.3, 0.4) is 0 Å². The number of hydrogen-bond donors (Lipinski definition) is 0. The quantitative estimate of drug-likeness (QED) is 0.175. The van der Waals surface area contributed by atoms with Crippen molar-refractivity contribution in [1.29, 1.82) is 0 Å². The van der Waals surface area contributed by atoms with Gasteiger partial charge in [-0.25, -0.2) is 15.0 Å². The molecule has 4 heterocycles. The molecule has 0 saturated carbocycles. The van der Waals surface area contributed by atoms with Crippen LogP contribution in [-0.2, 0) is 5.41 Å². The Labute approximate surface area is 337 Å². The molecule has 6 heteroatoms. The molecule has 0 bridgehead atoms. The molecular formula is C52H33N3O2S. The molecule has 7 aromatic carbocycles. The Morgan fingerprint density at radius 3 is 1.60 bits per heavy atom. The number of furan rings is 2. The fourth-order valence-corrected chi connectivity index (χ4v) is 10.4. The normalized spacial score (nSPS) is 13.1. The highest BCUT2D eigenvalue weighted by molar-refractivity contribution is 7.19. The topological polar surface area (TPSA) is 65.0 Å². The number of thiophene rings is 1. The lowest BCUT2D eigenvalue weighted by Gasteiger charge is -2.23. The summed E-state index contributed by atoms with van der Waals surface area (Å²) in [7, 11) is 0. The maximum Gasteiger partial charge on any atom is 0.164 e. The molecular weight excluding hydrogens is 731 g/mol. The molecule has 0 amide bonds. The Morgan fingerprint density at radius 1 is 0.414 bits per heavy atom. The van der Waals surface area contributed by atoms with Gasteiger partial charge in [-0.05, 0) is 76.3 Å². The minimum absolute atomic E-state index is 0.284. The molecule has 1 aliphatic carbocycles. The smallest absolute Gasteiger partial charge is 0.164 e. The van der Waals surface area contributed by atoms with Crippen molar-refractivity contribution in [3.05, 3.63) is 175 Å². The molecule has 11 aromatic rings. The van der Waals surface area contributed by atoms with E-state index in [-0.39, 0.29) is 5.41 Å². The maximum absolute atomic E-state index is 6.32. The van der Waals surface area contributed by atoms with E-state index in [4.69, 9.17) is 23.8 Å². The Hall–Kier alpha value is -7.15. The molecule has 4 aromatic heterocycles. The summed E-state index contributed by atoms with van der Waals surface area (Å²) >= 11 is 1.89. The molecule has 0 aliphatic heterocycles. The Morgan fingerprint density at radius 2 is 0.914 bits per heavy atom. The maximum atomic E-state index is 6.32. The van der Waals surface area contributed by atoms with Gasteiger partial charge in [-0.1, -0.05) is 129 Å². The fourth-order valence-electron chi connectivity index (χ4n) is 8.92. The molecule has 0 saturated heterocycles. The predicted molar refractivity (Wildman–Crippen MR) is 237 cm³/mol. The van der Waals surface area contributed by atoms with Crippen molar-refractivity contribution in [3.8, 4) is 66.2 Å². The summed E-state index contributed by atoms with van der Waals surface area (Å²) < 4.78 is 12.5. The van der Waals surface area contributed by atoms with Crippen LogP contribution in [0.4, 0.5) is 0 Å². The predicted octanol–water partition coefficient (Wildman–Crippen LogP) is 14.4. The zero-order valence-electron chi connectivity index (χ0n) is 31.7. The summed E-state index contributed by atoms with van der Waals surface area (Å²) in [5.41, 5.74) is 13.4. The van der Waals surface area contributed by atoms with Crippen molar-refractivity contribution in [2.75, 3.05) is 0 Å². The lowest BCUT2D eigenvalue weighted by atomic mass is 9.81. The van der Waals surface area contributed by atoms with Crippen LogP contribution in [-0.4, -0.2) is 15.0 Å². The van der Waals surface area contributed by atoms with Crippen molar-refractivity contribution in [3.63, 3.8) is 0 Å². The summed E-state index contributed by atoms with van der Waals surface area (Å²) in [5.74, 6) is 1.78. The molecule has 0 unspecified atom stereocenters. The van der Waals surface area contributed by atoms with Crippen molar-refractivity contribution in [1.82, 2.24) is 15.0 Å². The van der Waals surface area contributed by atoms with Crippen molar-refractivity contribution in [2.24, 2.45) is 0 Å². The van der Waals surface area contributed by atoms with Gasteiger partial charge in [-0.15, -0.1) is 11.3 Å². The van der Waals surface area contributed by atoms with Gasteiger partial charge in [-0.2, -0.15) is 0 Å². The van der Waals surface area contributed by atoms with E-state index in [1.807, 2.05) is 65.9 Å². The van der Waals surface area contributed by atoms with Gasteiger partial charge >= 0.3 is 0 Å². The van der Waals surface area contributed by atoms with E-state index in [9.17, 15) is 0 Å². The van der Waals surface area contributed by atoms with Gasteiger partial charge in [0.05, 0.1) is 0 Å². The average molecular weight is 764 g/mol. The van der Waals surface area contributed by atoms with Crippen molar-refractivity contribution in [2.45, 2.75) is 19.3 Å². The van der Waals surface area contributed by atoms with E-state index in [0.717, 1.165) is 60.6 Å². The molecule has 0 atom stereocenters. The van der Waals surface area contributed by atoms with Crippen molar-refractivity contribution < 1.29 is 8.83 Å². The van der Waals surface area contributed by atoms with E-state index in [2.05, 4.69) is 123 Å². The number of benzene rings is 7. The van der Waals surface area contributed by atoms with Gasteiger partial charge in [0.15, 0.2) is 17.5 Å². The van der Waals surface area contributed by atoms with E-state index in [1.165, 1.54) is 43.1 Å². The van der Waals surface area contributed by atoms with Crippen LogP contribution in [0.15, 0.2) is 173 Å². The van der Waals surface area contributed by atoms with E-state index in [1.54, 1.807) is 0 Å². The average Bonchev–Trinajstić information content (AvgIpc) is 4.02. The second kappa shape index (κ2) is 12.4. The SMILES string of the molecule is CC1(C)c2cc(-c3nc(-c4ccc5c(c4)oc4ccccc45)nc(-c4ccc5oc6ccccc6c5c4)n3)ccc2-c2c(-c3ccccc3)sc(-c3ccccc3)c21. The van der Waals surface area contributed by atoms with Crippen LogP contribution >= 0.6 is 11.3 Å². The minimum atomic E-state index is -0.284. The molecule has 5 nitrogen and oxygen atoms in total. The monoisotopic (exact) mass is 763 g/mol. The first kappa shape index (κ1) is 33.0. The Kier molecular flexibility index (Phi) is 7.08. The molecule has 58 heavy (non-hydrogen) atoms. The number of hydrogen-bond acceptors (Lipinski definition) is 6. The first-order valence-electron chi connectivity index (χ1n) is 19.5. The van der Waals surface area contributed by atoms with Crippen LogP contribution in [0.2, 0.25) is 0 Å². The fraction of sp³-hybridized carbons (Fsp3) is 0.0577. The summed E-state index contributed by atoms with van der Waals surface area (Å²) in [6.45, 7) is 4.71. The van der Waals surface area contributed by atoms with Gasteiger partial charge in [0.2, 0.25) is 0 Å². The summed E-state index contributed by atoms with van der Waals surface area (Å²) in [6, 6.07) is 57.0. The Balaban J connectivity index is 1.05. The number of para-hydroxylation sites is 2. The van der Waals surface area contributed by atoms with E-state index in [0.29, 0.717) is 17.5 Å². The first-order chi connectivity index (χ1) is 28.5. The third kappa shape index (κ3) is 4.98. The second-order valence-electron chi connectivity index (χ2n) is 15.6. The molecule has 0 N–H and O–H groups in total. The van der Waals surface area contributed by atoms with Gasteiger partial charge in [-0.3, -0.25) is 0 Å². The summed E-state index contributed by atoms with van der Waals surface area (Å²) in [4.78, 5) is 18.2. The minimum Gasteiger partial charge on any atom is -0.456 e. The number of nitrogens with zero attached hydrogens (tertiary/aromatic N) is 3. The number of fused-ring (bicyclic) bond motifs is 9. The summed E-state index contributed by atoms with van der Waals surface area (Å²) in [5, 5.41) is 4.22. The molecule has 12 rings (SSSR count). The van der Waals surface area contributed by atoms with Crippen LogP contribution in [0.1, 0.15) is 25.0 Å². The first-order valence-corrected chi connectivity index (χ1v) is 20.3. The third-order valence-corrected chi connectivity index (χ3v) is 13.0. The van der Waals surface area contributed by atoms with E-state index < -0.39 is 0 Å². The Bertz CT molecular complexity index is 3430. The lowest BCUT2D eigenvalue weighted by Crippen LogP contribution is -2.15. The highest BCUT2D eigenvalue weighted by Crippen LogP contribution is 2.59. The van der Waals surface area contributed by atoms with Gasteiger partial charge in [0.25, 0.3) is 0 Å². The molecule has 0 fully saturated rings. The summed E-state index contributed by atoms with van der Waals surface area (Å²) in [6.07, 6.45) is 0. The highest BCUT2D eigenvalue weighted by atomic mass is 32.1. The third-order valence-electron chi connectivity index (χ3n) is 11.7. The largest absolute Gasteiger partial charge is 0.456 e. The van der Waals surface area contributed by atoms with Crippen molar-refractivity contribution >= 4 is 55.2 Å². The standard InChI is InChI=1S/C52H33N3O2S/c1-52(2)40-28-33(22-25-38(40)45-46(52)48(31-15-7-4-8-16-31)58-47(45)30-13-5-3-6-14-30)50-53-49(32-23-26-43-39(27-32)36-18-10-12-20-42(36)56-43)54-51(55-50)34-21-24-37-35-17-9-11-19-41(35)57-44(37)29-34/h3-29H,1-2H3. The van der Waals surface area contributed by atoms with Gasteiger partial charge in [0, 0.05) is 59.0 Å². The van der Waals surface area contributed by atoms with Gasteiger partial charge < -0.3 is 8.83 Å². The molecule has 0 radical (unpaired) electrons. The molecule has 1 aliphatic rings. The number of aromatic nitrogens is 3. The van der Waals surface area contributed by atoms with Crippen LogP contribution in [0.5, 0.6) is 0 Å². The molecule has 274 valence electrons. The van der Waals surface area contributed by atoms with Crippen LogP contribution < -0.4 is 0 Å². The lowest BCUT2D eigenvalue weighted by molar-refractivity contribution is 0.664. The number of rotatable bonds is 5. The zero-order chi connectivity index (χ0) is 38.5. The second-order valence-corrected chi connectivity index (χ2v) is 16.6. The van der Waals surface area contributed by atoms with E-state index >= 15 is 0 Å². The zero-order valence-corrected chi connectivity index (χ0v) is 32.5. The molecule has 0 spiro atoms. The van der Waals surface area contributed by atoms with Crippen LogP contribution in [0.25, 0.3) is 110 Å².